The van der Waals surface area contributed by atoms with Gasteiger partial charge in [0.05, 0.1) is 0 Å². The molecule has 0 radical (unpaired) electrons. The van der Waals surface area contributed by atoms with Gasteiger partial charge in [0.25, 0.3) is 5.91 Å². The lowest BCUT2D eigenvalue weighted by molar-refractivity contribution is 0.102. The van der Waals surface area contributed by atoms with Crippen LogP contribution in [0.25, 0.3) is 0 Å². The van der Waals surface area contributed by atoms with E-state index in [0.29, 0.717) is 5.56 Å². The molecule has 1 N–H and O–H groups in total. The molecule has 2 rings (SSSR count). The molecule has 0 aliphatic carbocycles. The Morgan fingerprint density at radius 2 is 1.39 bits per heavy atom. The van der Waals surface area contributed by atoms with E-state index in [2.05, 4.69) is 24.1 Å². The van der Waals surface area contributed by atoms with E-state index in [1.165, 1.54) is 5.69 Å². The van der Waals surface area contributed by atoms with E-state index in [1.54, 1.807) is 0 Å². The summed E-state index contributed by atoms with van der Waals surface area (Å²) >= 11 is 0. The maximum absolute atomic E-state index is 12.3. The van der Waals surface area contributed by atoms with Gasteiger partial charge in [0.1, 0.15) is 0 Å². The molecule has 0 spiro atoms. The zero-order chi connectivity index (χ0) is 16.8. The number of rotatable bonds is 6. The molecule has 0 aliphatic heterocycles. The van der Waals surface area contributed by atoms with Crippen molar-refractivity contribution in [3.63, 3.8) is 0 Å². The smallest absolute Gasteiger partial charge is 0.255 e. The first-order valence-electron chi connectivity index (χ1n) is 7.99. The molecule has 2 aromatic carbocycles. The van der Waals surface area contributed by atoms with Gasteiger partial charge in [-0.2, -0.15) is 0 Å². The van der Waals surface area contributed by atoms with Crippen LogP contribution in [0, 0.1) is 0 Å². The highest BCUT2D eigenvalue weighted by Gasteiger charge is 2.07. The molecule has 23 heavy (non-hydrogen) atoms. The summed E-state index contributed by atoms with van der Waals surface area (Å²) in [7, 11) is 3.96. The van der Waals surface area contributed by atoms with Crippen LogP contribution in [0.5, 0.6) is 0 Å². The first kappa shape index (κ1) is 16.9. The maximum atomic E-state index is 12.3. The minimum atomic E-state index is -0.0918. The fourth-order valence-electron chi connectivity index (χ4n) is 2.46. The molecule has 4 heteroatoms. The van der Waals surface area contributed by atoms with E-state index in [9.17, 15) is 4.79 Å². The minimum absolute atomic E-state index is 0.0918. The van der Waals surface area contributed by atoms with Crippen LogP contribution in [0.1, 0.15) is 24.2 Å². The van der Waals surface area contributed by atoms with Gasteiger partial charge in [-0.05, 0) is 62.4 Å². The molecule has 2 aromatic rings. The molecule has 0 fully saturated rings. The van der Waals surface area contributed by atoms with Crippen LogP contribution in [-0.4, -0.2) is 33.1 Å². The van der Waals surface area contributed by atoms with Crippen LogP contribution in [0.4, 0.5) is 17.1 Å². The van der Waals surface area contributed by atoms with Gasteiger partial charge in [-0.15, -0.1) is 0 Å². The molecular weight excluding hydrogens is 286 g/mol. The van der Waals surface area contributed by atoms with Crippen molar-refractivity contribution >= 4 is 23.0 Å². The predicted octanol–water partition coefficient (Wildman–Crippen LogP) is 3.85. The van der Waals surface area contributed by atoms with E-state index in [0.717, 1.165) is 24.5 Å². The number of amides is 1. The van der Waals surface area contributed by atoms with Gasteiger partial charge < -0.3 is 15.1 Å². The van der Waals surface area contributed by atoms with Crippen molar-refractivity contribution in [1.82, 2.24) is 0 Å². The van der Waals surface area contributed by atoms with E-state index < -0.39 is 0 Å². The summed E-state index contributed by atoms with van der Waals surface area (Å²) in [5.74, 6) is -0.0918. The molecule has 0 aliphatic rings. The Labute approximate surface area is 138 Å². The Balaban J connectivity index is 2.05. The molecule has 1 amide bonds. The van der Waals surface area contributed by atoms with Crippen LogP contribution < -0.4 is 15.1 Å². The minimum Gasteiger partial charge on any atom is -0.378 e. The van der Waals surface area contributed by atoms with Gasteiger partial charge in [-0.3, -0.25) is 4.79 Å². The highest BCUT2D eigenvalue weighted by Crippen LogP contribution is 2.19. The van der Waals surface area contributed by atoms with Crippen LogP contribution in [0.2, 0.25) is 0 Å². The first-order valence-corrected chi connectivity index (χ1v) is 7.99. The maximum Gasteiger partial charge on any atom is 0.255 e. The van der Waals surface area contributed by atoms with Gasteiger partial charge in [0.15, 0.2) is 0 Å². The standard InChI is InChI=1S/C19H25N3O/c1-5-22(6-2)18-13-9-16(10-14-18)20-19(23)15-7-11-17(12-8-15)21(3)4/h7-14H,5-6H2,1-4H3,(H,20,23). The second kappa shape index (κ2) is 7.68. The van der Waals surface area contributed by atoms with Gasteiger partial charge >= 0.3 is 0 Å². The second-order valence-corrected chi connectivity index (χ2v) is 5.61. The Hall–Kier alpha value is -2.49. The molecule has 0 saturated carbocycles. The number of hydrogen-bond acceptors (Lipinski definition) is 3. The lowest BCUT2D eigenvalue weighted by Crippen LogP contribution is -2.21. The molecule has 0 atom stereocenters. The van der Waals surface area contributed by atoms with Gasteiger partial charge in [-0.1, -0.05) is 0 Å². The van der Waals surface area contributed by atoms with Gasteiger partial charge in [0.2, 0.25) is 0 Å². The highest BCUT2D eigenvalue weighted by molar-refractivity contribution is 6.04. The summed E-state index contributed by atoms with van der Waals surface area (Å²) in [6, 6.07) is 15.5. The molecule has 0 unspecified atom stereocenters. The number of carbonyl (C=O) groups excluding carboxylic acids is 1. The molecule has 0 aromatic heterocycles. The average Bonchev–Trinajstić information content (AvgIpc) is 2.57. The molecule has 4 nitrogen and oxygen atoms in total. The Morgan fingerprint density at radius 1 is 0.870 bits per heavy atom. The molecule has 0 saturated heterocycles. The normalized spacial score (nSPS) is 10.3. The van der Waals surface area contributed by atoms with Crippen LogP contribution >= 0.6 is 0 Å². The van der Waals surface area contributed by atoms with E-state index in [1.807, 2.05) is 67.5 Å². The third-order valence-corrected chi connectivity index (χ3v) is 3.90. The quantitative estimate of drug-likeness (QED) is 0.880. The van der Waals surface area contributed by atoms with Crippen molar-refractivity contribution in [2.24, 2.45) is 0 Å². The van der Waals surface area contributed by atoms with Crippen molar-refractivity contribution in [3.05, 3.63) is 54.1 Å². The summed E-state index contributed by atoms with van der Waals surface area (Å²) in [6.45, 7) is 6.22. The van der Waals surface area contributed by atoms with Crippen molar-refractivity contribution in [2.75, 3.05) is 42.3 Å². The summed E-state index contributed by atoms with van der Waals surface area (Å²) in [4.78, 5) is 16.6. The van der Waals surface area contributed by atoms with Gasteiger partial charge in [0, 0.05) is 49.8 Å². The van der Waals surface area contributed by atoms with Crippen molar-refractivity contribution in [1.29, 1.82) is 0 Å². The van der Waals surface area contributed by atoms with Crippen molar-refractivity contribution in [2.45, 2.75) is 13.8 Å². The number of anilines is 3. The average molecular weight is 311 g/mol. The molecule has 0 bridgehead atoms. The molecule has 0 heterocycles. The highest BCUT2D eigenvalue weighted by atomic mass is 16.1. The number of hydrogen-bond donors (Lipinski definition) is 1. The lowest BCUT2D eigenvalue weighted by Gasteiger charge is -2.21. The number of benzene rings is 2. The number of nitrogens with one attached hydrogen (secondary N) is 1. The fourth-order valence-corrected chi connectivity index (χ4v) is 2.46. The zero-order valence-corrected chi connectivity index (χ0v) is 14.3. The monoisotopic (exact) mass is 311 g/mol. The predicted molar refractivity (Wildman–Crippen MR) is 98.7 cm³/mol. The lowest BCUT2D eigenvalue weighted by atomic mass is 10.1. The Kier molecular flexibility index (Phi) is 5.63. The van der Waals surface area contributed by atoms with Crippen molar-refractivity contribution in [3.8, 4) is 0 Å². The van der Waals surface area contributed by atoms with Crippen LogP contribution in [0.15, 0.2) is 48.5 Å². The van der Waals surface area contributed by atoms with E-state index in [4.69, 9.17) is 0 Å². The molecule has 122 valence electrons. The fraction of sp³-hybridized carbons (Fsp3) is 0.316. The summed E-state index contributed by atoms with van der Waals surface area (Å²) in [6.07, 6.45) is 0. The third kappa shape index (κ3) is 4.25. The van der Waals surface area contributed by atoms with E-state index >= 15 is 0 Å². The summed E-state index contributed by atoms with van der Waals surface area (Å²) in [5, 5.41) is 2.94. The second-order valence-electron chi connectivity index (χ2n) is 5.61. The largest absolute Gasteiger partial charge is 0.378 e. The Bertz CT molecular complexity index is 629. The Morgan fingerprint density at radius 3 is 1.87 bits per heavy atom. The zero-order valence-electron chi connectivity index (χ0n) is 14.3. The van der Waals surface area contributed by atoms with Crippen LogP contribution in [-0.2, 0) is 0 Å². The van der Waals surface area contributed by atoms with Crippen molar-refractivity contribution < 1.29 is 4.79 Å². The molecular formula is C19H25N3O. The summed E-state index contributed by atoms with van der Waals surface area (Å²) < 4.78 is 0. The number of nitrogens with zero attached hydrogens (tertiary/aromatic N) is 2. The van der Waals surface area contributed by atoms with E-state index in [-0.39, 0.29) is 5.91 Å². The topological polar surface area (TPSA) is 35.6 Å². The third-order valence-electron chi connectivity index (χ3n) is 3.90. The number of carbonyl (C=O) groups is 1. The SMILES string of the molecule is CCN(CC)c1ccc(NC(=O)c2ccc(N(C)C)cc2)cc1. The van der Waals surface area contributed by atoms with Crippen LogP contribution in [0.3, 0.4) is 0 Å². The summed E-state index contributed by atoms with van der Waals surface area (Å²) in [5.41, 5.74) is 3.71. The first-order chi connectivity index (χ1) is 11.0. The van der Waals surface area contributed by atoms with Gasteiger partial charge in [-0.25, -0.2) is 0 Å².